The number of nitrogens with one attached hydrogen (secondary N) is 1. The molecule has 146 valence electrons. The van der Waals surface area contributed by atoms with E-state index in [1.807, 2.05) is 0 Å². The Morgan fingerprint density at radius 2 is 1.48 bits per heavy atom. The average molecular weight is 395 g/mol. The number of nitro groups is 2. The Kier molecular flexibility index (Phi) is 5.17. The van der Waals surface area contributed by atoms with Crippen LogP contribution in [0.4, 0.5) is 11.4 Å². The molecule has 1 atom stereocenters. The molecule has 2 N–H and O–H groups in total. The predicted octanol–water partition coefficient (Wildman–Crippen LogP) is 3.21. The molecule has 0 saturated carbocycles. The first-order chi connectivity index (χ1) is 13.8. The van der Waals surface area contributed by atoms with Crippen molar-refractivity contribution in [2.75, 3.05) is 0 Å². The molecule has 0 aliphatic rings. The van der Waals surface area contributed by atoms with E-state index in [4.69, 9.17) is 0 Å². The van der Waals surface area contributed by atoms with Gasteiger partial charge in [-0.15, -0.1) is 0 Å². The summed E-state index contributed by atoms with van der Waals surface area (Å²) in [5.41, 5.74) is -1.39. The third kappa shape index (κ3) is 4.00. The minimum atomic E-state index is -1.47. The number of benzene rings is 3. The van der Waals surface area contributed by atoms with Gasteiger partial charge >= 0.3 is 5.97 Å². The lowest BCUT2D eigenvalue weighted by molar-refractivity contribution is -0.394. The second-order valence-corrected chi connectivity index (χ2v) is 6.07. The molecule has 0 fully saturated rings. The van der Waals surface area contributed by atoms with E-state index in [0.717, 1.165) is 23.6 Å². The maximum absolute atomic E-state index is 12.6. The van der Waals surface area contributed by atoms with Crippen molar-refractivity contribution in [2.45, 2.75) is 6.04 Å². The molecular weight excluding hydrogens is 382 g/mol. The highest BCUT2D eigenvalue weighted by atomic mass is 16.6. The Bertz CT molecular complexity index is 1120. The van der Waals surface area contributed by atoms with E-state index in [1.54, 1.807) is 36.4 Å². The molecule has 1 amide bonds. The average Bonchev–Trinajstić information content (AvgIpc) is 2.70. The Morgan fingerprint density at radius 3 is 2.07 bits per heavy atom. The summed E-state index contributed by atoms with van der Waals surface area (Å²) in [7, 11) is 0. The first-order valence-electron chi connectivity index (χ1n) is 8.23. The minimum absolute atomic E-state index is 0.309. The van der Waals surface area contributed by atoms with Crippen LogP contribution in [0.3, 0.4) is 0 Å². The number of nitro benzene ring substituents is 2. The number of rotatable bonds is 6. The minimum Gasteiger partial charge on any atom is -0.479 e. The van der Waals surface area contributed by atoms with Crippen molar-refractivity contribution in [3.05, 3.63) is 92.0 Å². The van der Waals surface area contributed by atoms with Crippen LogP contribution >= 0.6 is 0 Å². The van der Waals surface area contributed by atoms with Gasteiger partial charge in [-0.05, 0) is 16.3 Å². The summed E-state index contributed by atoms with van der Waals surface area (Å²) in [6, 6.07) is 12.9. The molecule has 0 saturated heterocycles. The first kappa shape index (κ1) is 19.4. The van der Waals surface area contributed by atoms with Crippen LogP contribution in [-0.2, 0) is 4.79 Å². The normalized spacial score (nSPS) is 11.6. The highest BCUT2D eigenvalue weighted by Crippen LogP contribution is 2.26. The number of aliphatic carboxylic acids is 1. The first-order valence-corrected chi connectivity index (χ1v) is 8.23. The number of carbonyl (C=O) groups excluding carboxylic acids is 1. The van der Waals surface area contributed by atoms with Gasteiger partial charge in [0.05, 0.1) is 21.5 Å². The number of fused-ring (bicyclic) bond motifs is 1. The molecule has 0 unspecified atom stereocenters. The summed E-state index contributed by atoms with van der Waals surface area (Å²) in [4.78, 5) is 44.7. The van der Waals surface area contributed by atoms with Gasteiger partial charge in [0.25, 0.3) is 17.3 Å². The summed E-state index contributed by atoms with van der Waals surface area (Å²) < 4.78 is 0. The molecule has 0 aliphatic carbocycles. The van der Waals surface area contributed by atoms with Crippen molar-refractivity contribution >= 4 is 34.0 Å². The van der Waals surface area contributed by atoms with Gasteiger partial charge in [0.1, 0.15) is 0 Å². The number of carbonyl (C=O) groups is 2. The monoisotopic (exact) mass is 395 g/mol. The van der Waals surface area contributed by atoms with Crippen molar-refractivity contribution in [3.63, 3.8) is 0 Å². The van der Waals surface area contributed by atoms with Crippen molar-refractivity contribution in [3.8, 4) is 0 Å². The molecule has 3 aromatic carbocycles. The van der Waals surface area contributed by atoms with Gasteiger partial charge in [-0.3, -0.25) is 25.0 Å². The molecule has 0 aliphatic heterocycles. The summed E-state index contributed by atoms with van der Waals surface area (Å²) in [5, 5.41) is 35.3. The molecule has 29 heavy (non-hydrogen) atoms. The third-order valence-electron chi connectivity index (χ3n) is 4.24. The Balaban J connectivity index is 2.02. The van der Waals surface area contributed by atoms with Crippen LogP contribution in [0.25, 0.3) is 10.8 Å². The summed E-state index contributed by atoms with van der Waals surface area (Å²) in [6.45, 7) is 0. The van der Waals surface area contributed by atoms with Gasteiger partial charge in [-0.1, -0.05) is 42.5 Å². The molecule has 0 radical (unpaired) electrons. The lowest BCUT2D eigenvalue weighted by atomic mass is 9.98. The van der Waals surface area contributed by atoms with Crippen LogP contribution < -0.4 is 5.32 Å². The lowest BCUT2D eigenvalue weighted by Gasteiger charge is -2.17. The lowest BCUT2D eigenvalue weighted by Crippen LogP contribution is -2.34. The highest BCUT2D eigenvalue weighted by Gasteiger charge is 2.26. The molecule has 3 rings (SSSR count). The zero-order valence-electron chi connectivity index (χ0n) is 14.6. The second kappa shape index (κ2) is 7.72. The fourth-order valence-electron chi connectivity index (χ4n) is 2.93. The van der Waals surface area contributed by atoms with Crippen molar-refractivity contribution in [2.24, 2.45) is 0 Å². The van der Waals surface area contributed by atoms with Gasteiger partial charge in [-0.2, -0.15) is 0 Å². The summed E-state index contributed by atoms with van der Waals surface area (Å²) in [5.74, 6) is -2.34. The zero-order valence-corrected chi connectivity index (χ0v) is 14.6. The molecule has 10 heteroatoms. The Morgan fingerprint density at radius 1 is 0.897 bits per heavy atom. The highest BCUT2D eigenvalue weighted by molar-refractivity contribution is 5.99. The van der Waals surface area contributed by atoms with Crippen LogP contribution in [0, 0.1) is 20.2 Å². The standard InChI is InChI=1S/C19H13N3O7/c23-18(12-8-13(21(26)27)10-14(9-12)22(28)29)20-17(19(24)25)16-7-3-5-11-4-1-2-6-15(11)16/h1-10,17H,(H,20,23)(H,24,25)/t17-/m1/s1. The number of amides is 1. The molecule has 3 aromatic rings. The number of hydrogen-bond acceptors (Lipinski definition) is 6. The van der Waals surface area contributed by atoms with Gasteiger partial charge < -0.3 is 10.4 Å². The van der Waals surface area contributed by atoms with Gasteiger partial charge in [-0.25, -0.2) is 4.79 Å². The van der Waals surface area contributed by atoms with E-state index in [2.05, 4.69) is 5.32 Å². The number of hydrogen-bond donors (Lipinski definition) is 2. The zero-order chi connectivity index (χ0) is 21.1. The van der Waals surface area contributed by atoms with E-state index >= 15 is 0 Å². The van der Waals surface area contributed by atoms with E-state index < -0.39 is 44.7 Å². The number of carboxylic acid groups (broad SMARTS) is 1. The number of nitrogens with zero attached hydrogens (tertiary/aromatic N) is 2. The fraction of sp³-hybridized carbons (Fsp3) is 0.0526. The van der Waals surface area contributed by atoms with Crippen LogP contribution in [0.1, 0.15) is 22.0 Å². The van der Waals surface area contributed by atoms with Crippen LogP contribution in [0.2, 0.25) is 0 Å². The van der Waals surface area contributed by atoms with Crippen molar-refractivity contribution < 1.29 is 24.5 Å². The van der Waals surface area contributed by atoms with E-state index in [-0.39, 0.29) is 0 Å². The molecule has 10 nitrogen and oxygen atoms in total. The van der Waals surface area contributed by atoms with Crippen LogP contribution in [-0.4, -0.2) is 26.8 Å². The Labute approximate surface area is 162 Å². The molecule has 0 aromatic heterocycles. The molecule has 0 bridgehead atoms. The third-order valence-corrected chi connectivity index (χ3v) is 4.24. The second-order valence-electron chi connectivity index (χ2n) is 6.07. The summed E-state index contributed by atoms with van der Waals surface area (Å²) in [6.07, 6.45) is 0. The predicted molar refractivity (Wildman–Crippen MR) is 102 cm³/mol. The van der Waals surface area contributed by atoms with Gasteiger partial charge in [0.15, 0.2) is 6.04 Å². The molecule has 0 spiro atoms. The van der Waals surface area contributed by atoms with E-state index in [1.165, 1.54) is 6.07 Å². The smallest absolute Gasteiger partial charge is 0.330 e. The van der Waals surface area contributed by atoms with Crippen molar-refractivity contribution in [1.29, 1.82) is 0 Å². The largest absolute Gasteiger partial charge is 0.479 e. The molecular formula is C19H13N3O7. The maximum atomic E-state index is 12.6. The maximum Gasteiger partial charge on any atom is 0.330 e. The topological polar surface area (TPSA) is 153 Å². The van der Waals surface area contributed by atoms with E-state index in [0.29, 0.717) is 10.9 Å². The van der Waals surface area contributed by atoms with Gasteiger partial charge in [0, 0.05) is 12.1 Å². The molecule has 0 heterocycles. The van der Waals surface area contributed by atoms with Gasteiger partial charge in [0.2, 0.25) is 0 Å². The number of non-ortho nitro benzene ring substituents is 2. The fourth-order valence-corrected chi connectivity index (χ4v) is 2.93. The van der Waals surface area contributed by atoms with Crippen LogP contribution in [0.5, 0.6) is 0 Å². The number of carboxylic acids is 1. The van der Waals surface area contributed by atoms with E-state index in [9.17, 15) is 34.9 Å². The summed E-state index contributed by atoms with van der Waals surface area (Å²) >= 11 is 0. The quantitative estimate of drug-likeness (QED) is 0.480. The Hall–Kier alpha value is -4.34. The van der Waals surface area contributed by atoms with Crippen LogP contribution in [0.15, 0.2) is 60.7 Å². The van der Waals surface area contributed by atoms with Crippen molar-refractivity contribution in [1.82, 2.24) is 5.32 Å². The SMILES string of the molecule is O=C(N[C@@H](C(=O)O)c1cccc2ccccc12)c1cc([N+](=O)[O-])cc([N+](=O)[O-])c1.